The molecule has 0 unspecified atom stereocenters. The van der Waals surface area contributed by atoms with Crippen LogP contribution in [0.15, 0.2) is 199 Å². The number of nitrogens with two attached hydrogens (primary N) is 1. The van der Waals surface area contributed by atoms with E-state index in [9.17, 15) is 0 Å². The highest BCUT2D eigenvalue weighted by Crippen LogP contribution is 2.45. The highest BCUT2D eigenvalue weighted by atomic mass is 32.2. The van der Waals surface area contributed by atoms with Gasteiger partial charge in [0.25, 0.3) is 0 Å². The van der Waals surface area contributed by atoms with Crippen molar-refractivity contribution in [3.05, 3.63) is 200 Å². The third-order valence-electron chi connectivity index (χ3n) is 10.5. The minimum atomic E-state index is 0.819. The van der Waals surface area contributed by atoms with E-state index < -0.39 is 0 Å². The number of anilines is 4. The van der Waals surface area contributed by atoms with Crippen LogP contribution < -0.4 is 10.6 Å². The van der Waals surface area contributed by atoms with Crippen LogP contribution in [0.1, 0.15) is 5.56 Å². The second kappa shape index (κ2) is 14.1. The summed E-state index contributed by atoms with van der Waals surface area (Å²) in [5.74, 6) is 0.844. The number of nitrogens with zero attached hydrogens (tertiary/aromatic N) is 1. The van der Waals surface area contributed by atoms with Crippen molar-refractivity contribution in [2.24, 2.45) is 0 Å². The van der Waals surface area contributed by atoms with Crippen LogP contribution in [0.25, 0.3) is 64.0 Å². The topological polar surface area (TPSA) is 29.3 Å². The molecule has 55 heavy (non-hydrogen) atoms. The number of nitrogen functional groups attached to an aromatic ring is 1. The zero-order valence-electron chi connectivity index (χ0n) is 30.0. The smallest absolute Gasteiger partial charge is 0.0538 e. The Morgan fingerprint density at radius 3 is 1.93 bits per heavy atom. The lowest BCUT2D eigenvalue weighted by Crippen LogP contribution is -2.10. The van der Waals surface area contributed by atoms with E-state index in [0.29, 0.717) is 0 Å². The fourth-order valence-electron chi connectivity index (χ4n) is 7.81. The van der Waals surface area contributed by atoms with E-state index in [4.69, 9.17) is 5.73 Å². The van der Waals surface area contributed by atoms with Crippen LogP contribution in [0.5, 0.6) is 0 Å². The summed E-state index contributed by atoms with van der Waals surface area (Å²) in [7, 11) is 0. The van der Waals surface area contributed by atoms with Gasteiger partial charge in [-0.25, -0.2) is 0 Å². The minimum Gasteiger partial charge on any atom is -0.397 e. The van der Waals surface area contributed by atoms with Crippen LogP contribution in [0.2, 0.25) is 0 Å². The first-order valence-corrected chi connectivity index (χ1v) is 20.4. The van der Waals surface area contributed by atoms with Gasteiger partial charge in [-0.15, -0.1) is 23.1 Å². The molecule has 0 aliphatic heterocycles. The standard InChI is InChI=1S/C51H36N2S2/c52-50-46(32-47-42-19-8-7-16-36(42)24-28-45(47)51(50)54-33-34-12-3-1-4-13-34)37-22-25-39(26-23-37)53(40-18-11-17-38(30-40)35-14-5-2-6-15-35)41-27-29-44-43-20-9-10-21-48(43)55-49(44)31-41/h1-32H,33,52H2. The molecule has 1 aromatic heterocycles. The molecule has 9 aromatic carbocycles. The van der Waals surface area contributed by atoms with Crippen molar-refractivity contribution < 1.29 is 0 Å². The predicted molar refractivity (Wildman–Crippen MR) is 240 cm³/mol. The van der Waals surface area contributed by atoms with Crippen molar-refractivity contribution in [3.63, 3.8) is 0 Å². The highest BCUT2D eigenvalue weighted by molar-refractivity contribution is 7.99. The normalized spacial score (nSPS) is 11.5. The number of thiophene rings is 1. The summed E-state index contributed by atoms with van der Waals surface area (Å²) in [6.45, 7) is 0. The Hall–Kier alpha value is -6.33. The van der Waals surface area contributed by atoms with E-state index in [2.05, 4.69) is 199 Å². The van der Waals surface area contributed by atoms with Crippen LogP contribution in [0.3, 0.4) is 0 Å². The molecule has 0 atom stereocenters. The Labute approximate surface area is 329 Å². The van der Waals surface area contributed by atoms with E-state index in [1.165, 1.54) is 58.4 Å². The first-order chi connectivity index (χ1) is 27.2. The summed E-state index contributed by atoms with van der Waals surface area (Å²) < 4.78 is 2.58. The fraction of sp³-hybridized carbons (Fsp3) is 0.0196. The quantitative estimate of drug-likeness (QED) is 0.0955. The fourth-order valence-corrected chi connectivity index (χ4v) is 10.1. The molecule has 0 saturated carbocycles. The zero-order chi connectivity index (χ0) is 36.7. The van der Waals surface area contributed by atoms with Gasteiger partial charge in [0.05, 0.1) is 5.69 Å². The largest absolute Gasteiger partial charge is 0.397 e. The van der Waals surface area contributed by atoms with Gasteiger partial charge in [0.2, 0.25) is 0 Å². The number of thioether (sulfide) groups is 1. The molecule has 0 radical (unpaired) electrons. The molecule has 4 heteroatoms. The summed E-state index contributed by atoms with van der Waals surface area (Å²) in [4.78, 5) is 3.50. The average Bonchev–Trinajstić information content (AvgIpc) is 3.62. The second-order valence-corrected chi connectivity index (χ2v) is 16.0. The van der Waals surface area contributed by atoms with Gasteiger partial charge in [0, 0.05) is 53.4 Å². The monoisotopic (exact) mass is 740 g/mol. The van der Waals surface area contributed by atoms with Gasteiger partial charge in [-0.1, -0.05) is 146 Å². The van der Waals surface area contributed by atoms with E-state index in [-0.39, 0.29) is 0 Å². The van der Waals surface area contributed by atoms with E-state index in [1.54, 1.807) is 0 Å². The third kappa shape index (κ3) is 6.20. The van der Waals surface area contributed by atoms with Gasteiger partial charge in [0.1, 0.15) is 0 Å². The molecule has 0 fully saturated rings. The number of rotatable bonds is 8. The number of benzene rings is 9. The van der Waals surface area contributed by atoms with Crippen LogP contribution in [-0.2, 0) is 5.75 Å². The molecule has 2 N–H and O–H groups in total. The van der Waals surface area contributed by atoms with Crippen LogP contribution in [0, 0.1) is 0 Å². The van der Waals surface area contributed by atoms with Gasteiger partial charge in [-0.2, -0.15) is 0 Å². The van der Waals surface area contributed by atoms with Crippen molar-refractivity contribution in [2.45, 2.75) is 10.6 Å². The van der Waals surface area contributed by atoms with E-state index in [1.807, 2.05) is 23.1 Å². The van der Waals surface area contributed by atoms with Gasteiger partial charge in [-0.3, -0.25) is 0 Å². The summed E-state index contributed by atoms with van der Waals surface area (Å²) >= 11 is 3.67. The summed E-state index contributed by atoms with van der Waals surface area (Å²) in [6, 6.07) is 70.0. The zero-order valence-corrected chi connectivity index (χ0v) is 31.7. The first kappa shape index (κ1) is 33.3. The van der Waals surface area contributed by atoms with Crippen molar-refractivity contribution in [1.82, 2.24) is 0 Å². The average molecular weight is 741 g/mol. The number of hydrogen-bond acceptors (Lipinski definition) is 4. The molecule has 262 valence electrons. The maximum Gasteiger partial charge on any atom is 0.0538 e. The van der Waals surface area contributed by atoms with E-state index >= 15 is 0 Å². The van der Waals surface area contributed by atoms with Crippen LogP contribution in [-0.4, -0.2) is 0 Å². The molecular weight excluding hydrogens is 705 g/mol. The molecule has 10 rings (SSSR count). The Kier molecular flexibility index (Phi) is 8.55. The second-order valence-electron chi connectivity index (χ2n) is 13.9. The molecule has 10 aromatic rings. The maximum atomic E-state index is 7.20. The Morgan fingerprint density at radius 2 is 1.09 bits per heavy atom. The van der Waals surface area contributed by atoms with Gasteiger partial charge in [0.15, 0.2) is 0 Å². The summed E-state index contributed by atoms with van der Waals surface area (Å²) in [6.07, 6.45) is 0. The molecule has 0 spiro atoms. The Balaban J connectivity index is 1.11. The lowest BCUT2D eigenvalue weighted by molar-refractivity contribution is 1.29. The van der Waals surface area contributed by atoms with Crippen LogP contribution >= 0.6 is 23.1 Å². The molecule has 2 nitrogen and oxygen atoms in total. The number of hydrogen-bond donors (Lipinski definition) is 1. The van der Waals surface area contributed by atoms with Gasteiger partial charge >= 0.3 is 0 Å². The summed E-state index contributed by atoms with van der Waals surface area (Å²) in [5, 5.41) is 7.47. The minimum absolute atomic E-state index is 0.819. The molecule has 0 bridgehead atoms. The molecule has 0 amide bonds. The number of fused-ring (bicyclic) bond motifs is 6. The van der Waals surface area contributed by atoms with Crippen molar-refractivity contribution >= 4 is 87.6 Å². The van der Waals surface area contributed by atoms with Crippen molar-refractivity contribution in [2.75, 3.05) is 10.6 Å². The molecule has 0 saturated heterocycles. The Morgan fingerprint density at radius 1 is 0.436 bits per heavy atom. The predicted octanol–water partition coefficient (Wildman–Crippen LogP) is 15.0. The van der Waals surface area contributed by atoms with Crippen LogP contribution in [0.4, 0.5) is 22.7 Å². The summed E-state index contributed by atoms with van der Waals surface area (Å²) in [5.41, 5.74) is 17.1. The first-order valence-electron chi connectivity index (χ1n) is 18.6. The highest BCUT2D eigenvalue weighted by Gasteiger charge is 2.19. The molecule has 1 heterocycles. The lowest BCUT2D eigenvalue weighted by atomic mass is 9.95. The lowest BCUT2D eigenvalue weighted by Gasteiger charge is -2.26. The Bertz CT molecular complexity index is 2990. The SMILES string of the molecule is Nc1c(-c2ccc(N(c3cccc(-c4ccccc4)c3)c3ccc4c(c3)sc3ccccc34)cc2)cc2c(ccc3ccccc32)c1SCc1ccccc1. The van der Waals surface area contributed by atoms with Crippen molar-refractivity contribution in [3.8, 4) is 22.3 Å². The molecule has 0 aliphatic carbocycles. The van der Waals surface area contributed by atoms with E-state index in [0.717, 1.165) is 44.5 Å². The molecular formula is C51H36N2S2. The van der Waals surface area contributed by atoms with Crippen molar-refractivity contribution in [1.29, 1.82) is 0 Å². The third-order valence-corrected chi connectivity index (χ3v) is 12.9. The maximum absolute atomic E-state index is 7.20. The van der Waals surface area contributed by atoms with Gasteiger partial charge < -0.3 is 10.6 Å². The van der Waals surface area contributed by atoms with Gasteiger partial charge in [-0.05, 0) is 92.3 Å². The molecule has 0 aliphatic rings.